The van der Waals surface area contributed by atoms with Gasteiger partial charge < -0.3 is 5.11 Å². The van der Waals surface area contributed by atoms with Gasteiger partial charge in [0.05, 0.1) is 12.8 Å². The van der Waals surface area contributed by atoms with Crippen LogP contribution in [0.5, 0.6) is 0 Å². The molecule has 2 N–H and O–H groups in total. The lowest BCUT2D eigenvalue weighted by Gasteiger charge is -2.23. The number of H-pyrrole nitrogens is 1. The van der Waals surface area contributed by atoms with E-state index >= 15 is 0 Å². The summed E-state index contributed by atoms with van der Waals surface area (Å²) >= 11 is 0. The SMILES string of the molecule is CCCC(C)N(C)S(=O)(=O)c1[nH]ncc1CO. The Bertz CT molecular complexity index is 455. The number of nitrogens with zero attached hydrogens (tertiary/aromatic N) is 2. The third kappa shape index (κ3) is 2.85. The minimum absolute atomic E-state index is 0.0227. The van der Waals surface area contributed by atoms with Crippen LogP contribution in [0.4, 0.5) is 0 Å². The Morgan fingerprint density at radius 1 is 1.59 bits per heavy atom. The molecule has 1 rings (SSSR count). The number of aliphatic hydroxyl groups excluding tert-OH is 1. The van der Waals surface area contributed by atoms with Crippen molar-refractivity contribution in [2.24, 2.45) is 0 Å². The van der Waals surface area contributed by atoms with Crippen LogP contribution in [0, 0.1) is 0 Å². The van der Waals surface area contributed by atoms with E-state index in [-0.39, 0.29) is 17.7 Å². The molecule has 0 saturated heterocycles. The van der Waals surface area contributed by atoms with E-state index in [9.17, 15) is 8.42 Å². The molecule has 98 valence electrons. The van der Waals surface area contributed by atoms with Crippen LogP contribution in [-0.2, 0) is 16.6 Å². The summed E-state index contributed by atoms with van der Waals surface area (Å²) in [6, 6.07) is -0.0835. The molecule has 0 radical (unpaired) electrons. The molecule has 1 atom stereocenters. The number of aromatic amines is 1. The predicted octanol–water partition coefficient (Wildman–Crippen LogP) is 0.711. The van der Waals surface area contributed by atoms with Crippen molar-refractivity contribution in [3.8, 4) is 0 Å². The number of hydrogen-bond acceptors (Lipinski definition) is 4. The van der Waals surface area contributed by atoms with E-state index in [0.717, 1.165) is 12.8 Å². The van der Waals surface area contributed by atoms with Gasteiger partial charge in [0, 0.05) is 18.7 Å². The van der Waals surface area contributed by atoms with Crippen LogP contribution in [0.1, 0.15) is 32.3 Å². The highest BCUT2D eigenvalue weighted by atomic mass is 32.2. The van der Waals surface area contributed by atoms with E-state index in [2.05, 4.69) is 10.2 Å². The molecule has 7 heteroatoms. The molecule has 0 saturated carbocycles. The minimum atomic E-state index is -3.60. The van der Waals surface area contributed by atoms with Crippen molar-refractivity contribution >= 4 is 10.0 Å². The second kappa shape index (κ2) is 5.61. The number of rotatable bonds is 6. The van der Waals surface area contributed by atoms with Crippen LogP contribution in [0.15, 0.2) is 11.2 Å². The Balaban J connectivity index is 3.03. The molecular weight excluding hydrogens is 242 g/mol. The number of sulfonamides is 1. The molecular formula is C10H19N3O3S. The first-order valence-electron chi connectivity index (χ1n) is 5.56. The molecule has 0 aliphatic rings. The number of aliphatic hydroxyl groups is 1. The normalized spacial score (nSPS) is 14.2. The molecule has 0 aliphatic carbocycles. The molecule has 0 bridgehead atoms. The molecule has 17 heavy (non-hydrogen) atoms. The zero-order valence-corrected chi connectivity index (χ0v) is 11.2. The highest BCUT2D eigenvalue weighted by molar-refractivity contribution is 7.89. The van der Waals surface area contributed by atoms with Crippen molar-refractivity contribution in [3.63, 3.8) is 0 Å². The average Bonchev–Trinajstić information content (AvgIpc) is 2.76. The summed E-state index contributed by atoms with van der Waals surface area (Å²) in [7, 11) is -2.07. The zero-order chi connectivity index (χ0) is 13.1. The van der Waals surface area contributed by atoms with Crippen LogP contribution in [0.2, 0.25) is 0 Å². The largest absolute Gasteiger partial charge is 0.392 e. The number of hydrogen-bond donors (Lipinski definition) is 2. The third-order valence-corrected chi connectivity index (χ3v) is 4.80. The maximum Gasteiger partial charge on any atom is 0.260 e. The van der Waals surface area contributed by atoms with Gasteiger partial charge in [0.1, 0.15) is 0 Å². The van der Waals surface area contributed by atoms with Crippen LogP contribution < -0.4 is 0 Å². The van der Waals surface area contributed by atoms with Crippen molar-refractivity contribution in [2.75, 3.05) is 7.05 Å². The first-order chi connectivity index (χ1) is 7.95. The maximum absolute atomic E-state index is 12.2. The Hall–Kier alpha value is -0.920. The molecule has 0 spiro atoms. The molecule has 0 amide bonds. The summed E-state index contributed by atoms with van der Waals surface area (Å²) in [5.41, 5.74) is 0.292. The van der Waals surface area contributed by atoms with Gasteiger partial charge >= 0.3 is 0 Å². The third-order valence-electron chi connectivity index (χ3n) is 2.81. The lowest BCUT2D eigenvalue weighted by Crippen LogP contribution is -2.35. The molecule has 0 fully saturated rings. The zero-order valence-electron chi connectivity index (χ0n) is 10.3. The van der Waals surface area contributed by atoms with Crippen molar-refractivity contribution in [1.29, 1.82) is 0 Å². The van der Waals surface area contributed by atoms with Crippen molar-refractivity contribution < 1.29 is 13.5 Å². The van der Waals surface area contributed by atoms with E-state index in [1.165, 1.54) is 17.5 Å². The smallest absolute Gasteiger partial charge is 0.260 e. The van der Waals surface area contributed by atoms with Gasteiger partial charge in [-0.05, 0) is 13.3 Å². The van der Waals surface area contributed by atoms with Gasteiger partial charge in [-0.25, -0.2) is 8.42 Å². The minimum Gasteiger partial charge on any atom is -0.392 e. The molecule has 1 heterocycles. The molecule has 1 aromatic heterocycles. The first-order valence-corrected chi connectivity index (χ1v) is 7.00. The van der Waals surface area contributed by atoms with E-state index in [1.54, 1.807) is 0 Å². The van der Waals surface area contributed by atoms with Crippen molar-refractivity contribution in [2.45, 2.75) is 44.4 Å². The second-order valence-corrected chi connectivity index (χ2v) is 5.98. The number of nitrogens with one attached hydrogen (secondary N) is 1. The van der Waals surface area contributed by atoms with E-state index in [0.29, 0.717) is 5.56 Å². The predicted molar refractivity (Wildman–Crippen MR) is 63.8 cm³/mol. The summed E-state index contributed by atoms with van der Waals surface area (Å²) in [5, 5.41) is 15.1. The Morgan fingerprint density at radius 2 is 2.24 bits per heavy atom. The molecule has 1 aromatic rings. The number of aromatic nitrogens is 2. The average molecular weight is 261 g/mol. The highest BCUT2D eigenvalue weighted by Crippen LogP contribution is 2.19. The molecule has 0 aliphatic heterocycles. The summed E-state index contributed by atoms with van der Waals surface area (Å²) in [4.78, 5) is 0. The van der Waals surface area contributed by atoms with Crippen molar-refractivity contribution in [3.05, 3.63) is 11.8 Å². The van der Waals surface area contributed by atoms with Crippen LogP contribution in [0.3, 0.4) is 0 Å². The van der Waals surface area contributed by atoms with Crippen LogP contribution in [0.25, 0.3) is 0 Å². The van der Waals surface area contributed by atoms with Gasteiger partial charge in [0.15, 0.2) is 5.03 Å². The van der Waals surface area contributed by atoms with Gasteiger partial charge in [-0.15, -0.1) is 0 Å². The van der Waals surface area contributed by atoms with Gasteiger partial charge in [0.25, 0.3) is 10.0 Å². The van der Waals surface area contributed by atoms with Gasteiger partial charge in [-0.2, -0.15) is 9.40 Å². The monoisotopic (exact) mass is 261 g/mol. The van der Waals surface area contributed by atoms with E-state index in [4.69, 9.17) is 5.11 Å². The Kier molecular flexibility index (Phi) is 4.67. The van der Waals surface area contributed by atoms with Crippen LogP contribution in [-0.4, -0.2) is 41.1 Å². The van der Waals surface area contributed by atoms with Gasteiger partial charge in [-0.1, -0.05) is 13.3 Å². The fourth-order valence-corrected chi connectivity index (χ4v) is 3.10. The van der Waals surface area contributed by atoms with E-state index < -0.39 is 10.0 Å². The summed E-state index contributed by atoms with van der Waals surface area (Å²) in [6.07, 6.45) is 3.03. The Morgan fingerprint density at radius 3 is 2.76 bits per heavy atom. The van der Waals surface area contributed by atoms with Gasteiger partial charge in [-0.3, -0.25) is 5.10 Å². The maximum atomic E-state index is 12.2. The quantitative estimate of drug-likeness (QED) is 0.789. The fraction of sp³-hybridized carbons (Fsp3) is 0.700. The fourth-order valence-electron chi connectivity index (χ4n) is 1.62. The standard InChI is InChI=1S/C10H19N3O3S/c1-4-5-8(2)13(3)17(15,16)10-9(7-14)6-11-12-10/h6,8,14H,4-5,7H2,1-3H3,(H,11,12). The summed E-state index contributed by atoms with van der Waals surface area (Å²) in [5.74, 6) is 0. The summed E-state index contributed by atoms with van der Waals surface area (Å²) in [6.45, 7) is 3.52. The Labute approximate surface area is 102 Å². The summed E-state index contributed by atoms with van der Waals surface area (Å²) < 4.78 is 25.8. The van der Waals surface area contributed by atoms with Crippen molar-refractivity contribution in [1.82, 2.24) is 14.5 Å². The molecule has 6 nitrogen and oxygen atoms in total. The highest BCUT2D eigenvalue weighted by Gasteiger charge is 2.28. The topological polar surface area (TPSA) is 86.3 Å². The molecule has 0 aromatic carbocycles. The van der Waals surface area contributed by atoms with Crippen LogP contribution >= 0.6 is 0 Å². The van der Waals surface area contributed by atoms with E-state index in [1.807, 2.05) is 13.8 Å². The molecule has 1 unspecified atom stereocenters. The second-order valence-electron chi connectivity index (χ2n) is 4.04. The lowest BCUT2D eigenvalue weighted by molar-refractivity contribution is 0.277. The van der Waals surface area contributed by atoms with Gasteiger partial charge in [0.2, 0.25) is 0 Å². The lowest BCUT2D eigenvalue weighted by atomic mass is 10.2. The first kappa shape index (κ1) is 14.1.